The van der Waals surface area contributed by atoms with E-state index in [4.69, 9.17) is 16.6 Å². The van der Waals surface area contributed by atoms with Crippen LogP contribution < -0.4 is 10.6 Å². The molecule has 1 amide bonds. The van der Waals surface area contributed by atoms with Gasteiger partial charge >= 0.3 is 0 Å². The molecule has 0 radical (unpaired) electrons. The van der Waals surface area contributed by atoms with Crippen molar-refractivity contribution in [3.63, 3.8) is 0 Å². The SMILES string of the molecule is CC(C)c1ccc2oc(-c3ccc(CNC(=S)NC(=O)c4ccc(F)cc4)cc3)nc2c1. The summed E-state index contributed by atoms with van der Waals surface area (Å²) in [7, 11) is 0. The van der Waals surface area contributed by atoms with Crippen LogP contribution in [-0.4, -0.2) is 16.0 Å². The molecule has 1 heterocycles. The lowest BCUT2D eigenvalue weighted by Gasteiger charge is -2.10. The molecule has 0 aliphatic rings. The van der Waals surface area contributed by atoms with Crippen LogP contribution >= 0.6 is 12.2 Å². The van der Waals surface area contributed by atoms with Crippen molar-refractivity contribution in [2.24, 2.45) is 0 Å². The number of carbonyl (C=O) groups is 1. The van der Waals surface area contributed by atoms with Crippen LogP contribution in [0.1, 0.15) is 41.3 Å². The maximum Gasteiger partial charge on any atom is 0.257 e. The molecule has 162 valence electrons. The van der Waals surface area contributed by atoms with E-state index in [0.717, 1.165) is 22.2 Å². The maximum atomic E-state index is 13.0. The first kappa shape index (κ1) is 21.6. The Labute approximate surface area is 190 Å². The number of benzene rings is 3. The van der Waals surface area contributed by atoms with Crippen molar-refractivity contribution in [2.45, 2.75) is 26.3 Å². The third-order valence-electron chi connectivity index (χ3n) is 5.07. The Kier molecular flexibility index (Phi) is 6.28. The molecule has 4 aromatic rings. The molecule has 32 heavy (non-hydrogen) atoms. The largest absolute Gasteiger partial charge is 0.436 e. The molecule has 2 N–H and O–H groups in total. The Morgan fingerprint density at radius 1 is 1.06 bits per heavy atom. The van der Waals surface area contributed by atoms with Gasteiger partial charge in [-0.25, -0.2) is 9.37 Å². The Morgan fingerprint density at radius 3 is 2.47 bits per heavy atom. The van der Waals surface area contributed by atoms with Gasteiger partial charge in [0.1, 0.15) is 11.3 Å². The summed E-state index contributed by atoms with van der Waals surface area (Å²) in [5.74, 6) is 0.207. The monoisotopic (exact) mass is 447 g/mol. The molecular weight excluding hydrogens is 425 g/mol. The quantitative estimate of drug-likeness (QED) is 0.392. The number of aromatic nitrogens is 1. The fraction of sp³-hybridized carbons (Fsp3) is 0.160. The molecular formula is C25H22FN3O2S. The van der Waals surface area contributed by atoms with Gasteiger partial charge in [-0.3, -0.25) is 10.1 Å². The number of thiocarbonyl (C=S) groups is 1. The minimum atomic E-state index is -0.399. The lowest BCUT2D eigenvalue weighted by molar-refractivity contribution is 0.0976. The Hall–Kier alpha value is -3.58. The van der Waals surface area contributed by atoms with Gasteiger partial charge in [-0.2, -0.15) is 0 Å². The third kappa shape index (κ3) is 5.00. The number of oxazole rings is 1. The number of carbonyl (C=O) groups excluding carboxylic acids is 1. The summed E-state index contributed by atoms with van der Waals surface area (Å²) in [6.45, 7) is 4.73. The number of nitrogens with zero attached hydrogens (tertiary/aromatic N) is 1. The number of hydrogen-bond acceptors (Lipinski definition) is 4. The first-order chi connectivity index (χ1) is 15.4. The molecule has 0 spiro atoms. The lowest BCUT2D eigenvalue weighted by atomic mass is 10.0. The molecule has 5 nitrogen and oxygen atoms in total. The van der Waals surface area contributed by atoms with Gasteiger partial charge in [-0.05, 0) is 77.8 Å². The molecule has 7 heteroatoms. The fourth-order valence-electron chi connectivity index (χ4n) is 3.20. The average Bonchev–Trinajstić information content (AvgIpc) is 3.22. The lowest BCUT2D eigenvalue weighted by Crippen LogP contribution is -2.38. The Balaban J connectivity index is 1.36. The molecule has 0 bridgehead atoms. The summed E-state index contributed by atoms with van der Waals surface area (Å²) in [5.41, 5.74) is 5.02. The average molecular weight is 448 g/mol. The highest BCUT2D eigenvalue weighted by Gasteiger charge is 2.11. The van der Waals surface area contributed by atoms with Crippen molar-refractivity contribution >= 4 is 34.3 Å². The highest BCUT2D eigenvalue weighted by molar-refractivity contribution is 7.80. The minimum Gasteiger partial charge on any atom is -0.436 e. The summed E-state index contributed by atoms with van der Waals surface area (Å²) < 4.78 is 18.9. The summed E-state index contributed by atoms with van der Waals surface area (Å²) in [6, 6.07) is 19.1. The van der Waals surface area contributed by atoms with Crippen molar-refractivity contribution in [2.75, 3.05) is 0 Å². The van der Waals surface area contributed by atoms with E-state index < -0.39 is 11.7 Å². The smallest absolute Gasteiger partial charge is 0.257 e. The van der Waals surface area contributed by atoms with Crippen LogP contribution in [0.5, 0.6) is 0 Å². The second-order valence-corrected chi connectivity index (χ2v) is 8.15. The molecule has 3 aromatic carbocycles. The Morgan fingerprint density at radius 2 is 1.78 bits per heavy atom. The zero-order valence-electron chi connectivity index (χ0n) is 17.7. The summed E-state index contributed by atoms with van der Waals surface area (Å²) in [6.07, 6.45) is 0. The topological polar surface area (TPSA) is 67.2 Å². The van der Waals surface area contributed by atoms with Gasteiger partial charge in [0.15, 0.2) is 10.7 Å². The van der Waals surface area contributed by atoms with E-state index in [2.05, 4.69) is 41.6 Å². The second-order valence-electron chi connectivity index (χ2n) is 7.74. The predicted octanol–water partition coefficient (Wildman–Crippen LogP) is 5.56. The number of amides is 1. The fourth-order valence-corrected chi connectivity index (χ4v) is 3.36. The van der Waals surface area contributed by atoms with Crippen LogP contribution in [0.3, 0.4) is 0 Å². The van der Waals surface area contributed by atoms with Crippen molar-refractivity contribution in [1.29, 1.82) is 0 Å². The zero-order chi connectivity index (χ0) is 22.7. The zero-order valence-corrected chi connectivity index (χ0v) is 18.5. The van der Waals surface area contributed by atoms with Crippen molar-refractivity contribution in [1.82, 2.24) is 15.6 Å². The van der Waals surface area contributed by atoms with Crippen LogP contribution in [0, 0.1) is 5.82 Å². The number of fused-ring (bicyclic) bond motifs is 1. The molecule has 4 rings (SSSR count). The third-order valence-corrected chi connectivity index (χ3v) is 5.31. The van der Waals surface area contributed by atoms with Crippen LogP contribution in [0.15, 0.2) is 71.1 Å². The van der Waals surface area contributed by atoms with Crippen LogP contribution in [0.2, 0.25) is 0 Å². The van der Waals surface area contributed by atoms with Crippen molar-refractivity contribution < 1.29 is 13.6 Å². The maximum absolute atomic E-state index is 13.0. The van der Waals surface area contributed by atoms with Gasteiger partial charge in [0.05, 0.1) is 0 Å². The van der Waals surface area contributed by atoms with E-state index >= 15 is 0 Å². The number of halogens is 1. The van der Waals surface area contributed by atoms with Crippen LogP contribution in [-0.2, 0) is 6.54 Å². The van der Waals surface area contributed by atoms with E-state index in [0.29, 0.717) is 23.9 Å². The van der Waals surface area contributed by atoms with Crippen LogP contribution in [0.4, 0.5) is 4.39 Å². The molecule has 0 aliphatic heterocycles. The first-order valence-corrected chi connectivity index (χ1v) is 10.6. The van der Waals surface area contributed by atoms with Crippen molar-refractivity contribution in [3.8, 4) is 11.5 Å². The standard InChI is InChI=1S/C25H22FN3O2S/c1-15(2)19-9-12-22-21(13-19)28-24(31-22)18-5-3-16(4-6-18)14-27-25(32)29-23(30)17-7-10-20(26)11-8-17/h3-13,15H,14H2,1-2H3,(H2,27,29,30,32). The first-order valence-electron chi connectivity index (χ1n) is 10.2. The molecule has 0 unspecified atom stereocenters. The molecule has 0 atom stereocenters. The molecule has 0 saturated heterocycles. The second kappa shape index (κ2) is 9.28. The molecule has 0 aliphatic carbocycles. The molecule has 1 aromatic heterocycles. The summed E-state index contributed by atoms with van der Waals surface area (Å²) >= 11 is 5.18. The van der Waals surface area contributed by atoms with Crippen molar-refractivity contribution in [3.05, 3.63) is 89.2 Å². The Bertz CT molecular complexity index is 1260. The summed E-state index contributed by atoms with van der Waals surface area (Å²) in [5, 5.41) is 5.78. The number of hydrogen-bond donors (Lipinski definition) is 2. The molecule has 0 saturated carbocycles. The van der Waals surface area contributed by atoms with E-state index in [1.165, 1.54) is 29.8 Å². The summed E-state index contributed by atoms with van der Waals surface area (Å²) in [4.78, 5) is 16.8. The van der Waals surface area contributed by atoms with Crippen LogP contribution in [0.25, 0.3) is 22.6 Å². The van der Waals surface area contributed by atoms with Gasteiger partial charge in [-0.1, -0.05) is 32.0 Å². The minimum absolute atomic E-state index is 0.198. The van der Waals surface area contributed by atoms with Gasteiger partial charge < -0.3 is 9.73 Å². The number of nitrogens with one attached hydrogen (secondary N) is 2. The van der Waals surface area contributed by atoms with Gasteiger partial charge in [0.25, 0.3) is 5.91 Å². The number of rotatable bonds is 5. The van der Waals surface area contributed by atoms with E-state index in [-0.39, 0.29) is 5.11 Å². The van der Waals surface area contributed by atoms with Gasteiger partial charge in [0.2, 0.25) is 5.89 Å². The normalized spacial score (nSPS) is 11.0. The highest BCUT2D eigenvalue weighted by Crippen LogP contribution is 2.27. The van der Waals surface area contributed by atoms with E-state index in [1.807, 2.05) is 30.3 Å². The van der Waals surface area contributed by atoms with Gasteiger partial charge in [0, 0.05) is 17.7 Å². The van der Waals surface area contributed by atoms with E-state index in [9.17, 15) is 9.18 Å². The highest BCUT2D eigenvalue weighted by atomic mass is 32.1. The molecule has 0 fully saturated rings. The predicted molar refractivity (Wildman–Crippen MR) is 127 cm³/mol. The van der Waals surface area contributed by atoms with Gasteiger partial charge in [-0.15, -0.1) is 0 Å². The van der Waals surface area contributed by atoms with E-state index in [1.54, 1.807) is 0 Å².